The fraction of sp³-hybridized carbons (Fsp3) is 0. The van der Waals surface area contributed by atoms with Crippen LogP contribution < -0.4 is 4.89 Å². The highest BCUT2D eigenvalue weighted by molar-refractivity contribution is 5.85. The van der Waals surface area contributed by atoms with Crippen molar-refractivity contribution in [3.63, 3.8) is 0 Å². The maximum Gasteiger partial charge on any atom is 0.172 e. The van der Waals surface area contributed by atoms with Gasteiger partial charge in [0, 0.05) is 5.56 Å². The Morgan fingerprint density at radius 3 is 2.54 bits per heavy atom. The Kier molecular flexibility index (Phi) is 1.32. The minimum atomic E-state index is 0.790. The molecule has 0 fully saturated rings. The lowest BCUT2D eigenvalue weighted by atomic mass is 10.1. The summed E-state index contributed by atoms with van der Waals surface area (Å²) in [5, 5.41) is 2.37. The zero-order valence-corrected chi connectivity index (χ0v) is 6.86. The molecule has 1 heterocycles. The SMILES string of the molecule is [CH]1OOc2cc3ccccc3cc21. The van der Waals surface area contributed by atoms with Crippen molar-refractivity contribution in [2.75, 3.05) is 0 Å². The quantitative estimate of drug-likeness (QED) is 0.567. The van der Waals surface area contributed by atoms with Crippen LogP contribution in [0.1, 0.15) is 5.56 Å². The first kappa shape index (κ1) is 6.92. The zero-order chi connectivity index (χ0) is 8.67. The summed E-state index contributed by atoms with van der Waals surface area (Å²) >= 11 is 0. The van der Waals surface area contributed by atoms with E-state index in [1.807, 2.05) is 18.2 Å². The molecule has 1 aliphatic rings. The first-order chi connectivity index (χ1) is 6.43. The van der Waals surface area contributed by atoms with Gasteiger partial charge in [0.05, 0.1) is 0 Å². The van der Waals surface area contributed by atoms with Crippen molar-refractivity contribution in [2.24, 2.45) is 0 Å². The summed E-state index contributed by atoms with van der Waals surface area (Å²) in [6.45, 7) is 1.61. The Hall–Kier alpha value is -1.54. The number of hydrogen-bond acceptors (Lipinski definition) is 2. The summed E-state index contributed by atoms with van der Waals surface area (Å²) < 4.78 is 0. The molecule has 0 aliphatic carbocycles. The molecule has 0 saturated heterocycles. The van der Waals surface area contributed by atoms with Crippen LogP contribution in [-0.4, -0.2) is 0 Å². The minimum absolute atomic E-state index is 0.790. The monoisotopic (exact) mass is 171 g/mol. The van der Waals surface area contributed by atoms with Gasteiger partial charge in [-0.1, -0.05) is 24.3 Å². The molecule has 0 N–H and O–H groups in total. The molecule has 0 atom stereocenters. The smallest absolute Gasteiger partial charge is 0.172 e. The van der Waals surface area contributed by atoms with Crippen LogP contribution in [-0.2, 0) is 4.89 Å². The molecule has 0 saturated carbocycles. The number of rotatable bonds is 0. The fourth-order valence-electron chi connectivity index (χ4n) is 1.53. The van der Waals surface area contributed by atoms with Crippen LogP contribution >= 0.6 is 0 Å². The van der Waals surface area contributed by atoms with Gasteiger partial charge in [-0.05, 0) is 22.9 Å². The molecule has 0 spiro atoms. The normalized spacial score (nSPS) is 14.2. The molecule has 2 nitrogen and oxygen atoms in total. The topological polar surface area (TPSA) is 18.5 Å². The van der Waals surface area contributed by atoms with Crippen LogP contribution in [0.4, 0.5) is 0 Å². The largest absolute Gasteiger partial charge is 0.336 e. The summed E-state index contributed by atoms with van der Waals surface area (Å²) in [6, 6.07) is 12.2. The summed E-state index contributed by atoms with van der Waals surface area (Å²) in [5.74, 6) is 0.790. The summed E-state index contributed by atoms with van der Waals surface area (Å²) in [4.78, 5) is 9.71. The van der Waals surface area contributed by atoms with E-state index in [2.05, 4.69) is 18.2 Å². The average molecular weight is 171 g/mol. The maximum atomic E-state index is 4.95. The Labute approximate surface area is 75.6 Å². The van der Waals surface area contributed by atoms with Crippen molar-refractivity contribution < 1.29 is 9.78 Å². The van der Waals surface area contributed by atoms with E-state index < -0.39 is 0 Å². The molecule has 1 radical (unpaired) electrons. The molecule has 63 valence electrons. The molecule has 2 heteroatoms. The molecule has 0 amide bonds. The van der Waals surface area contributed by atoms with Crippen LogP contribution in [0.3, 0.4) is 0 Å². The second kappa shape index (κ2) is 2.47. The van der Waals surface area contributed by atoms with Crippen molar-refractivity contribution in [2.45, 2.75) is 0 Å². The van der Waals surface area contributed by atoms with Crippen molar-refractivity contribution in [3.8, 4) is 5.75 Å². The van der Waals surface area contributed by atoms with Gasteiger partial charge in [-0.2, -0.15) is 4.89 Å². The van der Waals surface area contributed by atoms with E-state index in [1.165, 1.54) is 10.8 Å². The molecular weight excluding hydrogens is 164 g/mol. The second-order valence-corrected chi connectivity index (χ2v) is 3.03. The molecule has 0 unspecified atom stereocenters. The van der Waals surface area contributed by atoms with Gasteiger partial charge < -0.3 is 4.89 Å². The van der Waals surface area contributed by atoms with E-state index in [9.17, 15) is 0 Å². The number of benzene rings is 2. The average Bonchev–Trinajstić information content (AvgIpc) is 2.61. The predicted octanol–water partition coefficient (Wildman–Crippen LogP) is 2.67. The van der Waals surface area contributed by atoms with E-state index in [0.29, 0.717) is 0 Å². The lowest BCUT2D eigenvalue weighted by Gasteiger charge is -1.98. The van der Waals surface area contributed by atoms with Crippen LogP contribution in [0.2, 0.25) is 0 Å². The van der Waals surface area contributed by atoms with E-state index in [1.54, 1.807) is 6.61 Å². The maximum absolute atomic E-state index is 4.95. The second-order valence-electron chi connectivity index (χ2n) is 3.03. The Morgan fingerprint density at radius 1 is 0.923 bits per heavy atom. The van der Waals surface area contributed by atoms with E-state index in [4.69, 9.17) is 9.78 Å². The van der Waals surface area contributed by atoms with Crippen LogP contribution in [0.15, 0.2) is 36.4 Å². The van der Waals surface area contributed by atoms with Gasteiger partial charge in [0.1, 0.15) is 0 Å². The van der Waals surface area contributed by atoms with Crippen molar-refractivity contribution in [1.82, 2.24) is 0 Å². The van der Waals surface area contributed by atoms with Gasteiger partial charge in [-0.3, -0.25) is 0 Å². The molecule has 0 aromatic heterocycles. The van der Waals surface area contributed by atoms with Crippen LogP contribution in [0, 0.1) is 6.61 Å². The Morgan fingerprint density at radius 2 is 1.69 bits per heavy atom. The molecular formula is C11H7O2. The third-order valence-corrected chi connectivity index (χ3v) is 2.19. The van der Waals surface area contributed by atoms with Gasteiger partial charge in [0.2, 0.25) is 0 Å². The van der Waals surface area contributed by atoms with Crippen LogP contribution in [0.5, 0.6) is 5.75 Å². The van der Waals surface area contributed by atoms with Crippen molar-refractivity contribution in [3.05, 3.63) is 48.6 Å². The van der Waals surface area contributed by atoms with Crippen LogP contribution in [0.25, 0.3) is 10.8 Å². The Balaban J connectivity index is 2.36. The highest BCUT2D eigenvalue weighted by Gasteiger charge is 2.14. The zero-order valence-electron chi connectivity index (χ0n) is 6.86. The molecule has 2 aromatic carbocycles. The van der Waals surface area contributed by atoms with E-state index >= 15 is 0 Å². The molecule has 0 bridgehead atoms. The molecule has 1 aliphatic heterocycles. The first-order valence-corrected chi connectivity index (χ1v) is 4.13. The predicted molar refractivity (Wildman–Crippen MR) is 49.1 cm³/mol. The molecule has 13 heavy (non-hydrogen) atoms. The first-order valence-electron chi connectivity index (χ1n) is 4.13. The van der Waals surface area contributed by atoms with E-state index in [0.717, 1.165) is 11.3 Å². The van der Waals surface area contributed by atoms with Gasteiger partial charge in [-0.25, -0.2) is 0 Å². The minimum Gasteiger partial charge on any atom is -0.336 e. The summed E-state index contributed by atoms with van der Waals surface area (Å²) in [7, 11) is 0. The van der Waals surface area contributed by atoms with Crippen molar-refractivity contribution >= 4 is 10.8 Å². The Bertz CT molecular complexity index is 420. The number of fused-ring (bicyclic) bond motifs is 2. The van der Waals surface area contributed by atoms with Gasteiger partial charge in [-0.15, -0.1) is 0 Å². The van der Waals surface area contributed by atoms with Crippen molar-refractivity contribution in [1.29, 1.82) is 0 Å². The third-order valence-electron chi connectivity index (χ3n) is 2.19. The third kappa shape index (κ3) is 0.993. The van der Waals surface area contributed by atoms with Gasteiger partial charge >= 0.3 is 0 Å². The fourth-order valence-corrected chi connectivity index (χ4v) is 1.53. The summed E-state index contributed by atoms with van der Waals surface area (Å²) in [6.07, 6.45) is 0. The highest BCUT2D eigenvalue weighted by atomic mass is 17.2. The number of hydrogen-bond donors (Lipinski definition) is 0. The molecule has 2 aromatic rings. The highest BCUT2D eigenvalue weighted by Crippen LogP contribution is 2.31. The van der Waals surface area contributed by atoms with Gasteiger partial charge in [0.25, 0.3) is 0 Å². The lowest BCUT2D eigenvalue weighted by Crippen LogP contribution is -1.80. The standard InChI is InChI=1S/C11H7O2/c1-2-4-9-6-11-10(7-12-13-11)5-8(9)3-1/h1-7H. The lowest BCUT2D eigenvalue weighted by molar-refractivity contribution is -0.149. The molecule has 3 rings (SSSR count). The van der Waals surface area contributed by atoms with Gasteiger partial charge in [0.15, 0.2) is 12.4 Å². The summed E-state index contributed by atoms with van der Waals surface area (Å²) in [5.41, 5.74) is 0.999. The van der Waals surface area contributed by atoms with E-state index in [-0.39, 0.29) is 0 Å².